The van der Waals surface area contributed by atoms with Crippen LogP contribution in [-0.4, -0.2) is 43.9 Å². The number of nitrogens with zero attached hydrogens (tertiary/aromatic N) is 4. The Morgan fingerprint density at radius 1 is 0.480 bits per heavy atom. The molecule has 0 saturated carbocycles. The minimum atomic E-state index is -0.408. The summed E-state index contributed by atoms with van der Waals surface area (Å²) in [7, 11) is 4.00. The molecule has 3 N–H and O–H groups in total. The molecule has 5 heterocycles. The first kappa shape index (κ1) is 30.3. The molecule has 4 aromatic heterocycles. The van der Waals surface area contributed by atoms with Gasteiger partial charge in [0.1, 0.15) is 0 Å². The van der Waals surface area contributed by atoms with Crippen molar-refractivity contribution in [3.63, 3.8) is 0 Å². The van der Waals surface area contributed by atoms with Crippen LogP contribution in [0.2, 0.25) is 0 Å². The molecular weight excluding hydrogens is 630 g/mol. The van der Waals surface area contributed by atoms with E-state index in [9.17, 15) is 20.2 Å². The quantitative estimate of drug-likeness (QED) is 0.119. The lowest BCUT2D eigenvalue weighted by Gasteiger charge is -2.13. The molecule has 8 rings (SSSR count). The number of non-ortho nitro benzene ring substituents is 2. The molecule has 0 spiro atoms. The van der Waals surface area contributed by atoms with E-state index in [2.05, 4.69) is 39.2 Å². The van der Waals surface area contributed by atoms with Crippen LogP contribution in [0, 0.1) is 20.2 Å². The summed E-state index contributed by atoms with van der Waals surface area (Å²) in [5.41, 5.74) is 12.5. The number of hydrogen-bond acceptors (Lipinski definition) is 6. The zero-order chi connectivity index (χ0) is 34.5. The Bertz CT molecular complexity index is 2610. The first-order valence-electron chi connectivity index (χ1n) is 15.8. The molecule has 0 unspecified atom stereocenters. The first-order chi connectivity index (χ1) is 24.2. The number of benzene rings is 3. The maximum Gasteiger partial charge on any atom is 0.269 e. The van der Waals surface area contributed by atoms with Crippen LogP contribution in [0.3, 0.4) is 0 Å². The summed E-state index contributed by atoms with van der Waals surface area (Å²) in [5, 5.41) is 22.9. The normalized spacial score (nSPS) is 11.6. The van der Waals surface area contributed by atoms with Crippen LogP contribution < -0.4 is 4.90 Å². The van der Waals surface area contributed by atoms with E-state index in [1.807, 2.05) is 67.5 Å². The van der Waals surface area contributed by atoms with Crippen molar-refractivity contribution in [3.05, 3.63) is 141 Å². The van der Waals surface area contributed by atoms with E-state index in [1.165, 1.54) is 24.3 Å². The number of nitrogens with one attached hydrogen (secondary N) is 3. The van der Waals surface area contributed by atoms with Crippen LogP contribution in [0.15, 0.2) is 109 Å². The topological polar surface area (TPSA) is 150 Å². The van der Waals surface area contributed by atoms with Gasteiger partial charge in [-0.2, -0.15) is 0 Å². The maximum absolute atomic E-state index is 11.5. The van der Waals surface area contributed by atoms with Crippen LogP contribution in [0.4, 0.5) is 17.1 Å². The zero-order valence-electron chi connectivity index (χ0n) is 27.0. The molecule has 0 fully saturated rings. The molecule has 0 saturated heterocycles. The maximum atomic E-state index is 11.5. The van der Waals surface area contributed by atoms with Crippen LogP contribution >= 0.6 is 0 Å². The molecule has 50 heavy (non-hydrogen) atoms. The third kappa shape index (κ3) is 5.32. The van der Waals surface area contributed by atoms with Crippen molar-refractivity contribution in [2.75, 3.05) is 19.0 Å². The highest BCUT2D eigenvalue weighted by atomic mass is 16.6. The molecule has 11 heteroatoms. The third-order valence-corrected chi connectivity index (χ3v) is 8.98. The Labute approximate surface area is 284 Å². The molecule has 11 nitrogen and oxygen atoms in total. The van der Waals surface area contributed by atoms with Crippen molar-refractivity contribution in [2.24, 2.45) is 0 Å². The Hall–Kier alpha value is -7.01. The van der Waals surface area contributed by atoms with E-state index in [0.29, 0.717) is 5.69 Å². The number of nitro benzene ring substituents is 2. The summed E-state index contributed by atoms with van der Waals surface area (Å²) >= 11 is 0. The molecule has 3 aromatic carbocycles. The van der Waals surface area contributed by atoms with Gasteiger partial charge in [-0.25, -0.2) is 4.98 Å². The summed E-state index contributed by atoms with van der Waals surface area (Å²) in [5.74, 6) is 0. The molecular formula is C39H29N7O4. The number of aromatic amines is 3. The van der Waals surface area contributed by atoms with Gasteiger partial charge in [0.15, 0.2) is 0 Å². The fourth-order valence-corrected chi connectivity index (χ4v) is 6.49. The summed E-state index contributed by atoms with van der Waals surface area (Å²) in [6.45, 7) is 0. The van der Waals surface area contributed by atoms with Crippen LogP contribution in [-0.2, 0) is 0 Å². The number of hydrogen-bond donors (Lipinski definition) is 3. The molecule has 8 bridgehead atoms. The summed E-state index contributed by atoms with van der Waals surface area (Å²) in [6.07, 6.45) is 3.88. The molecule has 7 aromatic rings. The lowest BCUT2D eigenvalue weighted by Crippen LogP contribution is -2.07. The molecule has 1 aliphatic heterocycles. The van der Waals surface area contributed by atoms with Gasteiger partial charge in [0.2, 0.25) is 0 Å². The van der Waals surface area contributed by atoms with Crippen molar-refractivity contribution in [2.45, 2.75) is 0 Å². The van der Waals surface area contributed by atoms with Gasteiger partial charge in [0.05, 0.1) is 26.8 Å². The second kappa shape index (κ2) is 11.9. The third-order valence-electron chi connectivity index (χ3n) is 8.98. The molecule has 0 aliphatic carbocycles. The summed E-state index contributed by atoms with van der Waals surface area (Å²) in [4.78, 5) is 40.1. The number of anilines is 1. The second-order valence-electron chi connectivity index (χ2n) is 12.2. The van der Waals surface area contributed by atoms with Crippen molar-refractivity contribution in [3.8, 4) is 33.4 Å². The van der Waals surface area contributed by atoms with Gasteiger partial charge in [0.25, 0.3) is 11.4 Å². The molecule has 0 amide bonds. The Morgan fingerprint density at radius 2 is 0.840 bits per heavy atom. The SMILES string of the molecule is CN(C)c1ccc(-c2c3ccc([nH]3)c(-c3ccc([N+](=O)[O-])cc3)c3nc(c4ccc([nH]4)c(-c4ccc([N+](=O)[O-])cc4)c4ccc2[nH]4)C=C3)cc1. The molecule has 0 radical (unpaired) electrons. The van der Waals surface area contributed by atoms with Crippen LogP contribution in [0.1, 0.15) is 11.4 Å². The van der Waals surface area contributed by atoms with Crippen molar-refractivity contribution in [1.29, 1.82) is 0 Å². The average Bonchev–Trinajstić information content (AvgIpc) is 3.95. The smallest absolute Gasteiger partial charge is 0.269 e. The highest BCUT2D eigenvalue weighted by Gasteiger charge is 2.17. The predicted molar refractivity (Wildman–Crippen MR) is 199 cm³/mol. The minimum Gasteiger partial charge on any atom is -0.378 e. The number of nitro groups is 2. The van der Waals surface area contributed by atoms with Crippen LogP contribution in [0.5, 0.6) is 0 Å². The van der Waals surface area contributed by atoms with Gasteiger partial charge in [-0.05, 0) is 102 Å². The Balaban J connectivity index is 1.49. The second-order valence-corrected chi connectivity index (χ2v) is 12.2. The van der Waals surface area contributed by atoms with E-state index in [1.54, 1.807) is 24.3 Å². The largest absolute Gasteiger partial charge is 0.378 e. The van der Waals surface area contributed by atoms with Crippen LogP contribution in [0.25, 0.3) is 78.6 Å². The van der Waals surface area contributed by atoms with E-state index in [4.69, 9.17) is 4.98 Å². The van der Waals surface area contributed by atoms with E-state index < -0.39 is 9.85 Å². The van der Waals surface area contributed by atoms with E-state index >= 15 is 0 Å². The lowest BCUT2D eigenvalue weighted by molar-refractivity contribution is -0.385. The predicted octanol–water partition coefficient (Wildman–Crippen LogP) is 9.58. The molecule has 1 aliphatic rings. The lowest BCUT2D eigenvalue weighted by atomic mass is 10.0. The average molecular weight is 660 g/mol. The van der Waals surface area contributed by atoms with Gasteiger partial charge in [-0.3, -0.25) is 20.2 Å². The fourth-order valence-electron chi connectivity index (χ4n) is 6.49. The van der Waals surface area contributed by atoms with Gasteiger partial charge in [-0.1, -0.05) is 12.1 Å². The number of fused-ring (bicyclic) bond motifs is 9. The van der Waals surface area contributed by atoms with Gasteiger partial charge in [-0.15, -0.1) is 0 Å². The zero-order valence-corrected chi connectivity index (χ0v) is 27.0. The highest BCUT2D eigenvalue weighted by Crippen LogP contribution is 2.37. The molecule has 0 atom stereocenters. The first-order valence-corrected chi connectivity index (χ1v) is 15.8. The molecule has 244 valence electrons. The van der Waals surface area contributed by atoms with Gasteiger partial charge < -0.3 is 19.9 Å². The number of H-pyrrole nitrogens is 3. The Kier molecular flexibility index (Phi) is 7.22. The van der Waals surface area contributed by atoms with Gasteiger partial charge in [0, 0.05) is 88.3 Å². The van der Waals surface area contributed by atoms with Gasteiger partial charge >= 0.3 is 0 Å². The van der Waals surface area contributed by atoms with Crippen molar-refractivity contribution in [1.82, 2.24) is 19.9 Å². The van der Waals surface area contributed by atoms with E-state index in [0.717, 1.165) is 77.9 Å². The minimum absolute atomic E-state index is 0.00755. The number of rotatable bonds is 6. The van der Waals surface area contributed by atoms with Crippen molar-refractivity contribution < 1.29 is 9.85 Å². The Morgan fingerprint density at radius 3 is 1.28 bits per heavy atom. The highest BCUT2D eigenvalue weighted by molar-refractivity contribution is 6.00. The number of aromatic nitrogens is 4. The van der Waals surface area contributed by atoms with E-state index in [-0.39, 0.29) is 11.4 Å². The summed E-state index contributed by atoms with van der Waals surface area (Å²) < 4.78 is 0. The monoisotopic (exact) mass is 659 g/mol. The fraction of sp³-hybridized carbons (Fsp3) is 0.0513. The summed E-state index contributed by atoms with van der Waals surface area (Å²) in [6, 6.07) is 33.4. The van der Waals surface area contributed by atoms with Crippen molar-refractivity contribution >= 4 is 62.3 Å². The standard InChI is InChI=1S/C39H29N7O4/c1-44(2)26-9-3-23(4-10-26)39-35-21-19-33(42-35)37(24-5-11-27(12-6-24)45(47)48)31-17-15-29(40-31)30-16-18-32(41-30)38(34-20-22-36(39)43-34)25-7-13-28(14-8-25)46(49)50/h3-22,40,42-43H,1-2H3.